The molecule has 0 amide bonds. The summed E-state index contributed by atoms with van der Waals surface area (Å²) in [6.45, 7) is 4.15. The van der Waals surface area contributed by atoms with Crippen LogP contribution in [-0.4, -0.2) is 63.7 Å². The highest BCUT2D eigenvalue weighted by atomic mass is 16.5. The number of β-amino-alcohol motifs (C(OH)–C–C–N with tert-alkyl or cyclic N) is 1. The highest BCUT2D eigenvalue weighted by Crippen LogP contribution is 2.26. The number of aliphatic hydroxyl groups is 1. The van der Waals surface area contributed by atoms with Gasteiger partial charge in [0.1, 0.15) is 18.2 Å². The first kappa shape index (κ1) is 20.4. The van der Waals surface area contributed by atoms with Crippen LogP contribution in [0.15, 0.2) is 67.1 Å². The summed E-state index contributed by atoms with van der Waals surface area (Å²) in [4.78, 5) is 8.73. The topological polar surface area (TPSA) is 66.7 Å². The molecule has 1 saturated heterocycles. The number of pyridine rings is 1. The molecule has 3 aromatic rings. The third-order valence-corrected chi connectivity index (χ3v) is 5.39. The number of aromatic nitrogens is 3. The van der Waals surface area contributed by atoms with Gasteiger partial charge in [0, 0.05) is 44.8 Å². The molecule has 1 aliphatic heterocycles. The summed E-state index contributed by atoms with van der Waals surface area (Å²) in [5.41, 5.74) is 0.474. The van der Waals surface area contributed by atoms with Gasteiger partial charge < -0.3 is 14.7 Å². The number of benzene rings is 1. The Hall–Kier alpha value is -2.90. The van der Waals surface area contributed by atoms with Gasteiger partial charge in [0.05, 0.1) is 12.1 Å². The minimum atomic E-state index is -0.720. The third kappa shape index (κ3) is 5.37. The maximum absolute atomic E-state index is 11.1. The first-order valence-electron chi connectivity index (χ1n) is 10.4. The van der Waals surface area contributed by atoms with Gasteiger partial charge in [-0.1, -0.05) is 18.2 Å². The molecule has 1 N–H and O–H groups in total. The van der Waals surface area contributed by atoms with Crippen molar-refractivity contribution >= 4 is 5.82 Å². The van der Waals surface area contributed by atoms with Crippen LogP contribution in [0.5, 0.6) is 5.75 Å². The van der Waals surface area contributed by atoms with Crippen LogP contribution in [0.2, 0.25) is 0 Å². The van der Waals surface area contributed by atoms with E-state index in [1.165, 1.54) is 5.56 Å². The van der Waals surface area contributed by atoms with Gasteiger partial charge in [0.2, 0.25) is 0 Å². The summed E-state index contributed by atoms with van der Waals surface area (Å²) in [5.74, 6) is 1.79. The Morgan fingerprint density at radius 2 is 2.00 bits per heavy atom. The quantitative estimate of drug-likeness (QED) is 0.588. The lowest BCUT2D eigenvalue weighted by atomic mass is 10.0. The molecular formula is C23H29N5O2. The standard InChI is InChI=1S/C23H29N5O2/c1-26(18-23(29)10-14-27(19-23)22-5-2-3-11-24-22)17-20-6-8-21(9-7-20)30-16-15-28-13-4-12-25-28/h2-9,11-13,29H,10,14-19H2,1H3/t23-/m0/s1. The van der Waals surface area contributed by atoms with E-state index in [0.29, 0.717) is 19.7 Å². The summed E-state index contributed by atoms with van der Waals surface area (Å²) >= 11 is 0. The van der Waals surface area contributed by atoms with Crippen LogP contribution in [0.3, 0.4) is 0 Å². The SMILES string of the molecule is CN(Cc1ccc(OCCn2cccn2)cc1)C[C@@]1(O)CCN(c2ccccn2)C1. The molecule has 1 aliphatic rings. The highest BCUT2D eigenvalue weighted by Gasteiger charge is 2.37. The van der Waals surface area contributed by atoms with Gasteiger partial charge in [-0.15, -0.1) is 0 Å². The average Bonchev–Trinajstić information content (AvgIpc) is 3.40. The van der Waals surface area contributed by atoms with E-state index in [-0.39, 0.29) is 0 Å². The van der Waals surface area contributed by atoms with E-state index in [0.717, 1.165) is 37.6 Å². The molecule has 0 radical (unpaired) electrons. The zero-order valence-electron chi connectivity index (χ0n) is 17.4. The van der Waals surface area contributed by atoms with E-state index in [1.54, 1.807) is 12.4 Å². The molecule has 1 fully saturated rings. The molecule has 0 bridgehead atoms. The number of hydrogen-bond acceptors (Lipinski definition) is 6. The van der Waals surface area contributed by atoms with E-state index in [2.05, 4.69) is 39.1 Å². The van der Waals surface area contributed by atoms with Gasteiger partial charge in [0.15, 0.2) is 0 Å². The summed E-state index contributed by atoms with van der Waals surface area (Å²) in [7, 11) is 2.05. The van der Waals surface area contributed by atoms with Crippen molar-refractivity contribution in [2.24, 2.45) is 0 Å². The van der Waals surface area contributed by atoms with Crippen molar-refractivity contribution in [2.45, 2.75) is 25.1 Å². The van der Waals surface area contributed by atoms with Crippen molar-refractivity contribution in [1.82, 2.24) is 19.7 Å². The second kappa shape index (κ2) is 9.28. The molecule has 0 aliphatic carbocycles. The maximum atomic E-state index is 11.1. The van der Waals surface area contributed by atoms with Crippen LogP contribution >= 0.6 is 0 Å². The second-order valence-corrected chi connectivity index (χ2v) is 8.02. The summed E-state index contributed by atoms with van der Waals surface area (Å²) in [6, 6.07) is 16.0. The van der Waals surface area contributed by atoms with Crippen LogP contribution in [0.1, 0.15) is 12.0 Å². The summed E-state index contributed by atoms with van der Waals surface area (Å²) in [5, 5.41) is 15.2. The lowest BCUT2D eigenvalue weighted by molar-refractivity contribution is 0.0279. The van der Waals surface area contributed by atoms with Gasteiger partial charge >= 0.3 is 0 Å². The normalized spacial score (nSPS) is 18.8. The van der Waals surface area contributed by atoms with Gasteiger partial charge in [-0.3, -0.25) is 9.58 Å². The summed E-state index contributed by atoms with van der Waals surface area (Å²) < 4.78 is 7.64. The Kier molecular flexibility index (Phi) is 6.30. The molecular weight excluding hydrogens is 378 g/mol. The Morgan fingerprint density at radius 3 is 2.73 bits per heavy atom. The number of rotatable bonds is 9. The third-order valence-electron chi connectivity index (χ3n) is 5.39. The molecule has 0 unspecified atom stereocenters. The Labute approximate surface area is 177 Å². The number of ether oxygens (including phenoxy) is 1. The minimum absolute atomic E-state index is 0.584. The van der Waals surface area contributed by atoms with Gasteiger partial charge in [0.25, 0.3) is 0 Å². The monoisotopic (exact) mass is 407 g/mol. The lowest BCUT2D eigenvalue weighted by Gasteiger charge is -2.29. The fraction of sp³-hybridized carbons (Fsp3) is 0.391. The van der Waals surface area contributed by atoms with Crippen molar-refractivity contribution in [3.05, 3.63) is 72.7 Å². The molecule has 30 heavy (non-hydrogen) atoms. The van der Waals surface area contributed by atoms with Crippen LogP contribution < -0.4 is 9.64 Å². The fourth-order valence-electron chi connectivity index (χ4n) is 3.97. The van der Waals surface area contributed by atoms with Crippen molar-refractivity contribution in [3.63, 3.8) is 0 Å². The first-order valence-corrected chi connectivity index (χ1v) is 10.4. The molecule has 3 heterocycles. The molecule has 7 heteroatoms. The fourth-order valence-corrected chi connectivity index (χ4v) is 3.97. The van der Waals surface area contributed by atoms with Crippen molar-refractivity contribution in [1.29, 1.82) is 0 Å². The lowest BCUT2D eigenvalue weighted by Crippen LogP contribution is -2.43. The molecule has 2 aromatic heterocycles. The van der Waals surface area contributed by atoms with E-state index in [1.807, 2.05) is 47.3 Å². The van der Waals surface area contributed by atoms with Crippen molar-refractivity contribution < 1.29 is 9.84 Å². The average molecular weight is 408 g/mol. The Balaban J connectivity index is 1.24. The first-order chi connectivity index (χ1) is 14.6. The van der Waals surface area contributed by atoms with Gasteiger partial charge in [-0.05, 0) is 49.4 Å². The number of anilines is 1. The maximum Gasteiger partial charge on any atom is 0.128 e. The van der Waals surface area contributed by atoms with E-state index in [4.69, 9.17) is 4.74 Å². The molecule has 0 saturated carbocycles. The van der Waals surface area contributed by atoms with E-state index in [9.17, 15) is 5.11 Å². The number of likely N-dealkylation sites (N-methyl/N-ethyl adjacent to an activating group) is 1. The van der Waals surface area contributed by atoms with Crippen molar-refractivity contribution in [3.8, 4) is 5.75 Å². The van der Waals surface area contributed by atoms with Crippen LogP contribution in [0, 0.1) is 0 Å². The predicted octanol–water partition coefficient (Wildman–Crippen LogP) is 2.43. The van der Waals surface area contributed by atoms with Gasteiger partial charge in [-0.25, -0.2) is 4.98 Å². The number of nitrogens with zero attached hydrogens (tertiary/aromatic N) is 5. The van der Waals surface area contributed by atoms with E-state index >= 15 is 0 Å². The van der Waals surface area contributed by atoms with Crippen LogP contribution in [0.4, 0.5) is 5.82 Å². The Bertz CT molecular complexity index is 901. The molecule has 4 rings (SSSR count). The smallest absolute Gasteiger partial charge is 0.128 e. The molecule has 7 nitrogen and oxygen atoms in total. The highest BCUT2D eigenvalue weighted by molar-refractivity contribution is 5.40. The molecule has 0 spiro atoms. The van der Waals surface area contributed by atoms with Gasteiger partial charge in [-0.2, -0.15) is 5.10 Å². The Morgan fingerprint density at radius 1 is 1.13 bits per heavy atom. The largest absolute Gasteiger partial charge is 0.492 e. The zero-order valence-corrected chi connectivity index (χ0v) is 17.4. The van der Waals surface area contributed by atoms with Crippen molar-refractivity contribution in [2.75, 3.05) is 38.2 Å². The predicted molar refractivity (Wildman–Crippen MR) is 117 cm³/mol. The molecule has 158 valence electrons. The molecule has 1 aromatic carbocycles. The zero-order chi connectivity index (χ0) is 20.8. The minimum Gasteiger partial charge on any atom is -0.492 e. The summed E-state index contributed by atoms with van der Waals surface area (Å²) in [6.07, 6.45) is 6.24. The van der Waals surface area contributed by atoms with Crippen LogP contribution in [-0.2, 0) is 13.1 Å². The molecule has 1 atom stereocenters. The second-order valence-electron chi connectivity index (χ2n) is 8.02. The number of hydrogen-bond donors (Lipinski definition) is 1. The van der Waals surface area contributed by atoms with E-state index < -0.39 is 5.60 Å². The van der Waals surface area contributed by atoms with Crippen LogP contribution in [0.25, 0.3) is 0 Å².